The lowest BCUT2D eigenvalue weighted by Crippen LogP contribution is -2.62. The number of carbonyl (C=O) groups is 1. The van der Waals surface area contributed by atoms with Gasteiger partial charge in [0.15, 0.2) is 0 Å². The van der Waals surface area contributed by atoms with Gasteiger partial charge in [-0.05, 0) is 20.8 Å². The summed E-state index contributed by atoms with van der Waals surface area (Å²) in [5.41, 5.74) is 0. The molecule has 0 saturated carbocycles. The lowest BCUT2D eigenvalue weighted by molar-refractivity contribution is -0.402. The van der Waals surface area contributed by atoms with Crippen LogP contribution in [0, 0.1) is 0 Å². The monoisotopic (exact) mass is 218 g/mol. The molecule has 2 atom stereocenters. The molecule has 1 rings (SSSR count). The number of carbonyl (C=O) groups excluding carboxylic acids is 1. The van der Waals surface area contributed by atoms with Gasteiger partial charge in [0.1, 0.15) is 6.61 Å². The highest BCUT2D eigenvalue weighted by atomic mass is 16.8. The van der Waals surface area contributed by atoms with Gasteiger partial charge in [-0.1, -0.05) is 0 Å². The maximum atomic E-state index is 11.2. The molecule has 1 aliphatic heterocycles. The van der Waals surface area contributed by atoms with Crippen LogP contribution in [0.3, 0.4) is 0 Å². The predicted molar refractivity (Wildman–Crippen MR) is 52.1 cm³/mol. The number of hydrogen-bond donors (Lipinski definition) is 0. The van der Waals surface area contributed by atoms with E-state index in [1.807, 2.05) is 13.8 Å². The molecule has 88 valence electrons. The van der Waals surface area contributed by atoms with Crippen LogP contribution < -0.4 is 0 Å². The summed E-state index contributed by atoms with van der Waals surface area (Å²) in [6, 6.07) is 0. The Morgan fingerprint density at radius 3 is 2.27 bits per heavy atom. The van der Waals surface area contributed by atoms with Crippen LogP contribution in [0.5, 0.6) is 0 Å². The summed E-state index contributed by atoms with van der Waals surface area (Å²) >= 11 is 0. The minimum Gasteiger partial charge on any atom is -0.426 e. The Kier molecular flexibility index (Phi) is 3.70. The van der Waals surface area contributed by atoms with E-state index in [2.05, 4.69) is 0 Å². The van der Waals surface area contributed by atoms with Crippen molar-refractivity contribution < 1.29 is 23.7 Å². The van der Waals surface area contributed by atoms with E-state index in [9.17, 15) is 4.79 Å². The topological polar surface area (TPSA) is 54.0 Å². The molecule has 1 heterocycles. The fourth-order valence-corrected chi connectivity index (χ4v) is 1.55. The normalized spacial score (nSPS) is 36.4. The summed E-state index contributed by atoms with van der Waals surface area (Å²) in [7, 11) is 0. The van der Waals surface area contributed by atoms with Crippen molar-refractivity contribution in [1.82, 2.24) is 0 Å². The molecule has 1 saturated heterocycles. The summed E-state index contributed by atoms with van der Waals surface area (Å²) in [5.74, 6) is -2.68. The van der Waals surface area contributed by atoms with Gasteiger partial charge in [0.25, 0.3) is 5.79 Å². The lowest BCUT2D eigenvalue weighted by Gasteiger charge is -2.46. The SMILES string of the molecule is CCOC1(C)OCC(=O)OC1(C)OCC. The quantitative estimate of drug-likeness (QED) is 0.660. The van der Waals surface area contributed by atoms with E-state index in [0.717, 1.165) is 0 Å². The Bertz CT molecular complexity index is 242. The second-order valence-corrected chi connectivity index (χ2v) is 3.52. The van der Waals surface area contributed by atoms with Gasteiger partial charge >= 0.3 is 5.97 Å². The third-order valence-corrected chi connectivity index (χ3v) is 2.44. The number of esters is 1. The van der Waals surface area contributed by atoms with Crippen molar-refractivity contribution in [2.24, 2.45) is 0 Å². The molecule has 1 fully saturated rings. The van der Waals surface area contributed by atoms with Crippen molar-refractivity contribution in [3.63, 3.8) is 0 Å². The first-order valence-corrected chi connectivity index (χ1v) is 5.11. The van der Waals surface area contributed by atoms with Crippen LogP contribution in [-0.2, 0) is 23.7 Å². The molecule has 0 aromatic carbocycles. The Morgan fingerprint density at radius 1 is 1.20 bits per heavy atom. The van der Waals surface area contributed by atoms with Crippen LogP contribution in [0.1, 0.15) is 27.7 Å². The Labute approximate surface area is 89.6 Å². The number of hydrogen-bond acceptors (Lipinski definition) is 5. The summed E-state index contributed by atoms with van der Waals surface area (Å²) in [5, 5.41) is 0. The summed E-state index contributed by atoms with van der Waals surface area (Å²) < 4.78 is 21.4. The van der Waals surface area contributed by atoms with Gasteiger partial charge in [0, 0.05) is 20.1 Å². The molecule has 0 N–H and O–H groups in total. The van der Waals surface area contributed by atoms with Crippen LogP contribution in [0.25, 0.3) is 0 Å². The standard InChI is InChI=1S/C10H18O5/c1-5-12-9(3)10(4,13-6-2)15-8(11)7-14-9/h5-7H2,1-4H3. The molecule has 0 bridgehead atoms. The lowest BCUT2D eigenvalue weighted by atomic mass is 10.1. The fraction of sp³-hybridized carbons (Fsp3) is 0.900. The van der Waals surface area contributed by atoms with Crippen LogP contribution >= 0.6 is 0 Å². The van der Waals surface area contributed by atoms with Crippen LogP contribution in [0.2, 0.25) is 0 Å². The predicted octanol–water partition coefficient (Wildman–Crippen LogP) is 1.07. The molecule has 0 aliphatic carbocycles. The zero-order valence-electron chi connectivity index (χ0n) is 9.66. The van der Waals surface area contributed by atoms with Crippen molar-refractivity contribution in [2.75, 3.05) is 19.8 Å². The average Bonchev–Trinajstić information content (AvgIpc) is 2.13. The first-order chi connectivity index (χ1) is 6.97. The first kappa shape index (κ1) is 12.4. The van der Waals surface area contributed by atoms with E-state index in [-0.39, 0.29) is 6.61 Å². The molecule has 0 radical (unpaired) electrons. The second-order valence-electron chi connectivity index (χ2n) is 3.52. The van der Waals surface area contributed by atoms with Gasteiger partial charge in [-0.25, -0.2) is 4.79 Å². The maximum absolute atomic E-state index is 11.2. The van der Waals surface area contributed by atoms with Gasteiger partial charge in [0.05, 0.1) is 0 Å². The molecule has 1 aliphatic rings. The minimum absolute atomic E-state index is 0.112. The Morgan fingerprint density at radius 2 is 1.73 bits per heavy atom. The fourth-order valence-electron chi connectivity index (χ4n) is 1.55. The van der Waals surface area contributed by atoms with Crippen LogP contribution in [0.15, 0.2) is 0 Å². The van der Waals surface area contributed by atoms with Crippen molar-refractivity contribution in [1.29, 1.82) is 0 Å². The highest BCUT2D eigenvalue weighted by Crippen LogP contribution is 2.35. The van der Waals surface area contributed by atoms with E-state index >= 15 is 0 Å². The first-order valence-electron chi connectivity index (χ1n) is 5.11. The van der Waals surface area contributed by atoms with Gasteiger partial charge in [0.2, 0.25) is 5.79 Å². The van der Waals surface area contributed by atoms with E-state index in [4.69, 9.17) is 18.9 Å². The third kappa shape index (κ3) is 2.30. The molecule has 0 amide bonds. The Hall–Kier alpha value is -0.650. The molecule has 0 aromatic rings. The second kappa shape index (κ2) is 4.47. The maximum Gasteiger partial charge on any atom is 0.334 e. The molecule has 0 aromatic heterocycles. The average molecular weight is 218 g/mol. The van der Waals surface area contributed by atoms with Crippen molar-refractivity contribution in [3.05, 3.63) is 0 Å². The third-order valence-electron chi connectivity index (χ3n) is 2.44. The molecule has 2 unspecified atom stereocenters. The van der Waals surface area contributed by atoms with Crippen LogP contribution in [0.4, 0.5) is 0 Å². The molecular weight excluding hydrogens is 200 g/mol. The molecule has 5 heteroatoms. The number of cyclic esters (lactones) is 1. The highest BCUT2D eigenvalue weighted by molar-refractivity contribution is 5.72. The van der Waals surface area contributed by atoms with E-state index in [1.54, 1.807) is 13.8 Å². The smallest absolute Gasteiger partial charge is 0.334 e. The zero-order valence-corrected chi connectivity index (χ0v) is 9.66. The molecule has 0 spiro atoms. The molecule has 15 heavy (non-hydrogen) atoms. The van der Waals surface area contributed by atoms with E-state index in [0.29, 0.717) is 13.2 Å². The Balaban J connectivity index is 2.87. The van der Waals surface area contributed by atoms with Gasteiger partial charge < -0.3 is 18.9 Å². The van der Waals surface area contributed by atoms with Gasteiger partial charge in [-0.2, -0.15) is 0 Å². The highest BCUT2D eigenvalue weighted by Gasteiger charge is 2.55. The molecule has 5 nitrogen and oxygen atoms in total. The summed E-state index contributed by atoms with van der Waals surface area (Å²) in [6.07, 6.45) is 0. The van der Waals surface area contributed by atoms with Gasteiger partial charge in [-0.15, -0.1) is 0 Å². The van der Waals surface area contributed by atoms with Gasteiger partial charge in [-0.3, -0.25) is 0 Å². The zero-order chi connectivity index (χ0) is 11.5. The molecular formula is C10H18O5. The number of ether oxygens (including phenoxy) is 4. The van der Waals surface area contributed by atoms with Crippen LogP contribution in [-0.4, -0.2) is 37.4 Å². The van der Waals surface area contributed by atoms with E-state index in [1.165, 1.54) is 0 Å². The number of rotatable bonds is 4. The van der Waals surface area contributed by atoms with E-state index < -0.39 is 17.5 Å². The van der Waals surface area contributed by atoms with Crippen molar-refractivity contribution >= 4 is 5.97 Å². The van der Waals surface area contributed by atoms with Crippen molar-refractivity contribution in [3.8, 4) is 0 Å². The largest absolute Gasteiger partial charge is 0.426 e. The summed E-state index contributed by atoms with van der Waals surface area (Å²) in [6.45, 7) is 7.77. The van der Waals surface area contributed by atoms with Crippen molar-refractivity contribution in [2.45, 2.75) is 39.3 Å². The minimum atomic E-state index is -1.19. The summed E-state index contributed by atoms with van der Waals surface area (Å²) in [4.78, 5) is 11.2.